The van der Waals surface area contributed by atoms with Gasteiger partial charge in [0.05, 0.1) is 0 Å². The number of imidazole rings is 1. The Balaban J connectivity index is 3.09. The van der Waals surface area contributed by atoms with Gasteiger partial charge in [-0.05, 0) is 17.7 Å². The van der Waals surface area contributed by atoms with Crippen LogP contribution in [0.1, 0.15) is 5.82 Å². The summed E-state index contributed by atoms with van der Waals surface area (Å²) >= 11 is 0. The van der Waals surface area contributed by atoms with Gasteiger partial charge < -0.3 is 4.57 Å². The van der Waals surface area contributed by atoms with Crippen LogP contribution in [0.4, 0.5) is 0 Å². The van der Waals surface area contributed by atoms with Crippen molar-refractivity contribution in [1.29, 1.82) is 0 Å². The SMILES string of the molecule is [B]c1cnc(C=C)n1/C=C\C=C. The summed E-state index contributed by atoms with van der Waals surface area (Å²) in [5, 5.41) is 0. The first-order chi connectivity index (χ1) is 5.79. The maximum absolute atomic E-state index is 5.62. The maximum atomic E-state index is 5.62. The molecule has 0 saturated carbocycles. The highest BCUT2D eigenvalue weighted by atomic mass is 15.0. The van der Waals surface area contributed by atoms with Gasteiger partial charge in [-0.15, -0.1) is 0 Å². The summed E-state index contributed by atoms with van der Waals surface area (Å²) in [4.78, 5) is 4.02. The fourth-order valence-electron chi connectivity index (χ4n) is 0.849. The van der Waals surface area contributed by atoms with Crippen LogP contribution in [0.25, 0.3) is 12.3 Å². The van der Waals surface area contributed by atoms with Crippen LogP contribution in [0.15, 0.2) is 31.5 Å². The lowest BCUT2D eigenvalue weighted by atomic mass is 10.1. The number of hydrogen-bond acceptors (Lipinski definition) is 1. The van der Waals surface area contributed by atoms with E-state index in [9.17, 15) is 0 Å². The molecule has 1 aromatic rings. The van der Waals surface area contributed by atoms with E-state index >= 15 is 0 Å². The molecule has 0 bridgehead atoms. The lowest BCUT2D eigenvalue weighted by Crippen LogP contribution is -2.12. The number of hydrogen-bond donors (Lipinski definition) is 0. The molecule has 58 valence electrons. The van der Waals surface area contributed by atoms with E-state index in [2.05, 4.69) is 18.1 Å². The summed E-state index contributed by atoms with van der Waals surface area (Å²) in [6.45, 7) is 7.17. The van der Waals surface area contributed by atoms with Crippen molar-refractivity contribution in [2.24, 2.45) is 0 Å². The number of aromatic nitrogens is 2. The van der Waals surface area contributed by atoms with E-state index in [0.29, 0.717) is 5.59 Å². The van der Waals surface area contributed by atoms with Crippen LogP contribution in [0.2, 0.25) is 0 Å². The molecule has 0 aromatic carbocycles. The summed E-state index contributed by atoms with van der Waals surface area (Å²) < 4.78 is 1.73. The zero-order chi connectivity index (χ0) is 8.97. The average Bonchev–Trinajstić information content (AvgIpc) is 2.43. The largest absolute Gasteiger partial charge is 0.315 e. The first-order valence-corrected chi connectivity index (χ1v) is 3.54. The normalized spacial score (nSPS) is 10.3. The molecule has 0 aliphatic heterocycles. The highest BCUT2D eigenvalue weighted by Gasteiger charge is 1.97. The second-order valence-electron chi connectivity index (χ2n) is 2.19. The summed E-state index contributed by atoms with van der Waals surface area (Å²) in [5.41, 5.74) is 0.586. The molecule has 1 rings (SSSR count). The van der Waals surface area contributed by atoms with Crippen LogP contribution >= 0.6 is 0 Å². The zero-order valence-corrected chi connectivity index (χ0v) is 6.77. The molecular formula is C9H9BN2. The van der Waals surface area contributed by atoms with Gasteiger partial charge in [-0.3, -0.25) is 0 Å². The highest BCUT2D eigenvalue weighted by Crippen LogP contribution is 1.96. The van der Waals surface area contributed by atoms with Crippen molar-refractivity contribution in [3.05, 3.63) is 37.3 Å². The Morgan fingerprint density at radius 2 is 2.25 bits per heavy atom. The third kappa shape index (κ3) is 1.56. The summed E-state index contributed by atoms with van der Waals surface area (Å²) in [5.74, 6) is 0.727. The van der Waals surface area contributed by atoms with Crippen LogP contribution in [0.5, 0.6) is 0 Å². The first-order valence-electron chi connectivity index (χ1n) is 3.54. The predicted molar refractivity (Wildman–Crippen MR) is 53.2 cm³/mol. The molecule has 12 heavy (non-hydrogen) atoms. The fourth-order valence-corrected chi connectivity index (χ4v) is 0.849. The Morgan fingerprint density at radius 3 is 2.83 bits per heavy atom. The molecule has 3 heteroatoms. The van der Waals surface area contributed by atoms with Gasteiger partial charge in [-0.2, -0.15) is 0 Å². The predicted octanol–water partition coefficient (Wildman–Crippen LogP) is 0.977. The van der Waals surface area contributed by atoms with Crippen LogP contribution in [0.3, 0.4) is 0 Å². The smallest absolute Gasteiger partial charge is 0.141 e. The molecule has 0 aliphatic carbocycles. The first kappa shape index (κ1) is 8.59. The summed E-state index contributed by atoms with van der Waals surface area (Å²) in [6, 6.07) is 0. The van der Waals surface area contributed by atoms with E-state index < -0.39 is 0 Å². The zero-order valence-electron chi connectivity index (χ0n) is 6.77. The maximum Gasteiger partial charge on any atom is 0.141 e. The molecule has 0 spiro atoms. The topological polar surface area (TPSA) is 17.8 Å². The average molecular weight is 156 g/mol. The minimum Gasteiger partial charge on any atom is -0.315 e. The van der Waals surface area contributed by atoms with Crippen molar-refractivity contribution in [2.75, 3.05) is 0 Å². The lowest BCUT2D eigenvalue weighted by Gasteiger charge is -1.98. The van der Waals surface area contributed by atoms with Gasteiger partial charge in [0.1, 0.15) is 13.7 Å². The molecule has 0 fully saturated rings. The van der Waals surface area contributed by atoms with E-state index in [1.165, 1.54) is 0 Å². The molecule has 0 N–H and O–H groups in total. The highest BCUT2D eigenvalue weighted by molar-refractivity contribution is 6.31. The number of allylic oxidation sites excluding steroid dienone is 2. The van der Waals surface area contributed by atoms with E-state index in [4.69, 9.17) is 7.85 Å². The van der Waals surface area contributed by atoms with E-state index in [-0.39, 0.29) is 0 Å². The van der Waals surface area contributed by atoms with Crippen molar-refractivity contribution in [3.63, 3.8) is 0 Å². The molecule has 1 heterocycles. The van der Waals surface area contributed by atoms with Crippen LogP contribution < -0.4 is 5.59 Å². The van der Waals surface area contributed by atoms with Gasteiger partial charge in [0.15, 0.2) is 0 Å². The number of nitrogens with zero attached hydrogens (tertiary/aromatic N) is 2. The quantitative estimate of drug-likeness (QED) is 0.471. The van der Waals surface area contributed by atoms with Crippen molar-refractivity contribution < 1.29 is 0 Å². The molecule has 0 aliphatic rings. The minimum atomic E-state index is 0.586. The molecule has 0 unspecified atom stereocenters. The van der Waals surface area contributed by atoms with Crippen molar-refractivity contribution in [2.45, 2.75) is 0 Å². The fraction of sp³-hybridized carbons (Fsp3) is 0. The Bertz CT molecular complexity index is 323. The van der Waals surface area contributed by atoms with Gasteiger partial charge in [-0.1, -0.05) is 19.2 Å². The molecule has 1 aromatic heterocycles. The van der Waals surface area contributed by atoms with Crippen molar-refractivity contribution >= 4 is 25.7 Å². The summed E-state index contributed by atoms with van der Waals surface area (Å²) in [6.07, 6.45) is 8.47. The van der Waals surface area contributed by atoms with Crippen molar-refractivity contribution in [1.82, 2.24) is 9.55 Å². The lowest BCUT2D eigenvalue weighted by molar-refractivity contribution is 1.13. The Morgan fingerprint density at radius 1 is 1.50 bits per heavy atom. The molecule has 0 atom stereocenters. The van der Waals surface area contributed by atoms with Gasteiger partial charge in [0.25, 0.3) is 0 Å². The Labute approximate surface area is 73.3 Å². The van der Waals surface area contributed by atoms with Crippen LogP contribution in [-0.4, -0.2) is 17.4 Å². The molecular weight excluding hydrogens is 147 g/mol. The van der Waals surface area contributed by atoms with Gasteiger partial charge in [0.2, 0.25) is 0 Å². The minimum absolute atomic E-state index is 0.586. The second kappa shape index (κ2) is 3.76. The Hall–Kier alpha value is -1.51. The van der Waals surface area contributed by atoms with Crippen LogP contribution in [-0.2, 0) is 0 Å². The molecule has 0 saturated heterocycles. The molecule has 2 radical (unpaired) electrons. The third-order valence-electron chi connectivity index (χ3n) is 1.41. The van der Waals surface area contributed by atoms with E-state index in [0.717, 1.165) is 5.82 Å². The Kier molecular flexibility index (Phi) is 2.69. The standard InChI is InChI=1S/C9H9BN2/c1-3-5-6-12-8(10)7-11-9(12)4-2/h3-7H,1-2H2/b6-5-. The van der Waals surface area contributed by atoms with Crippen molar-refractivity contribution in [3.8, 4) is 0 Å². The molecule has 0 amide bonds. The van der Waals surface area contributed by atoms with Gasteiger partial charge in [-0.25, -0.2) is 4.98 Å². The van der Waals surface area contributed by atoms with Gasteiger partial charge >= 0.3 is 0 Å². The second-order valence-corrected chi connectivity index (χ2v) is 2.19. The van der Waals surface area contributed by atoms with Crippen LogP contribution in [0, 0.1) is 0 Å². The summed E-state index contributed by atoms with van der Waals surface area (Å²) in [7, 11) is 5.62. The van der Waals surface area contributed by atoms with Gasteiger partial charge in [0, 0.05) is 12.4 Å². The third-order valence-corrected chi connectivity index (χ3v) is 1.41. The van der Waals surface area contributed by atoms with E-state index in [1.54, 1.807) is 35.2 Å². The number of rotatable bonds is 3. The monoisotopic (exact) mass is 156 g/mol. The molecule has 2 nitrogen and oxygen atoms in total. The van der Waals surface area contributed by atoms with E-state index in [1.807, 2.05) is 0 Å².